The van der Waals surface area contributed by atoms with Crippen LogP contribution in [0.2, 0.25) is 0 Å². The Balaban J connectivity index is 1.84. The predicted molar refractivity (Wildman–Crippen MR) is 134 cm³/mol. The molecule has 5 nitrogen and oxygen atoms in total. The zero-order chi connectivity index (χ0) is 22.5. The molecule has 2 aromatic rings. The number of carbonyl (C=O) groups is 1. The molecular formula is C24H28N2O3S2. The number of anilines is 2. The molecule has 1 fully saturated rings. The Labute approximate surface area is 194 Å². The SMILES string of the molecule is CCOc1cc(/C=C2\SC(=S)N(c3ccc(N(C)C)cc3)C2=O)ccc1OCC(C)C. The van der Waals surface area contributed by atoms with Crippen molar-refractivity contribution >= 4 is 51.7 Å². The van der Waals surface area contributed by atoms with Crippen LogP contribution in [0.5, 0.6) is 11.5 Å². The molecule has 2 aromatic carbocycles. The van der Waals surface area contributed by atoms with E-state index in [0.29, 0.717) is 39.9 Å². The molecule has 1 heterocycles. The van der Waals surface area contributed by atoms with Gasteiger partial charge in [0.2, 0.25) is 0 Å². The number of hydrogen-bond donors (Lipinski definition) is 0. The molecular weight excluding hydrogens is 428 g/mol. The van der Waals surface area contributed by atoms with Crippen molar-refractivity contribution in [3.05, 3.63) is 52.9 Å². The van der Waals surface area contributed by atoms with Crippen molar-refractivity contribution in [2.45, 2.75) is 20.8 Å². The van der Waals surface area contributed by atoms with Crippen molar-refractivity contribution in [2.24, 2.45) is 5.92 Å². The first kappa shape index (κ1) is 23.2. The standard InChI is InChI=1S/C24H28N2O3S2/c1-6-28-21-13-17(7-12-20(21)29-15-16(2)3)14-22-23(27)26(24(30)31-22)19-10-8-18(9-11-19)25(4)5/h7-14,16H,6,15H2,1-5H3/b22-14-. The average molecular weight is 457 g/mol. The van der Waals surface area contributed by atoms with Crippen LogP contribution in [0.3, 0.4) is 0 Å². The summed E-state index contributed by atoms with van der Waals surface area (Å²) in [4.78, 5) is 17.3. The van der Waals surface area contributed by atoms with E-state index in [1.807, 2.05) is 74.5 Å². The van der Waals surface area contributed by atoms with Gasteiger partial charge in [-0.1, -0.05) is 43.9 Å². The van der Waals surface area contributed by atoms with Gasteiger partial charge in [-0.25, -0.2) is 0 Å². The van der Waals surface area contributed by atoms with E-state index in [0.717, 1.165) is 16.9 Å². The molecule has 31 heavy (non-hydrogen) atoms. The second-order valence-electron chi connectivity index (χ2n) is 7.77. The first-order valence-electron chi connectivity index (χ1n) is 10.2. The van der Waals surface area contributed by atoms with Gasteiger partial charge in [-0.15, -0.1) is 0 Å². The molecule has 0 saturated carbocycles. The number of ether oxygens (including phenoxy) is 2. The number of hydrogen-bond acceptors (Lipinski definition) is 6. The number of carbonyl (C=O) groups excluding carboxylic acids is 1. The third-order valence-electron chi connectivity index (χ3n) is 4.56. The molecule has 0 spiro atoms. The number of rotatable bonds is 8. The molecule has 164 valence electrons. The molecule has 0 aromatic heterocycles. The summed E-state index contributed by atoms with van der Waals surface area (Å²) >= 11 is 6.80. The summed E-state index contributed by atoms with van der Waals surface area (Å²) in [6, 6.07) is 13.5. The quantitative estimate of drug-likeness (QED) is 0.381. The van der Waals surface area contributed by atoms with Crippen molar-refractivity contribution in [1.82, 2.24) is 0 Å². The minimum atomic E-state index is -0.120. The van der Waals surface area contributed by atoms with Crippen LogP contribution in [0.4, 0.5) is 11.4 Å². The molecule has 0 atom stereocenters. The Bertz CT molecular complexity index is 985. The fourth-order valence-electron chi connectivity index (χ4n) is 3.00. The summed E-state index contributed by atoms with van der Waals surface area (Å²) < 4.78 is 12.1. The van der Waals surface area contributed by atoms with Crippen molar-refractivity contribution in [1.29, 1.82) is 0 Å². The zero-order valence-electron chi connectivity index (χ0n) is 18.5. The third-order valence-corrected chi connectivity index (χ3v) is 5.86. The van der Waals surface area contributed by atoms with Gasteiger partial charge in [-0.05, 0) is 60.9 Å². The Morgan fingerprint density at radius 1 is 1.10 bits per heavy atom. The molecule has 0 bridgehead atoms. The van der Waals surface area contributed by atoms with Gasteiger partial charge in [0.25, 0.3) is 5.91 Å². The molecule has 1 saturated heterocycles. The minimum Gasteiger partial charge on any atom is -0.490 e. The highest BCUT2D eigenvalue weighted by Gasteiger charge is 2.33. The van der Waals surface area contributed by atoms with Gasteiger partial charge in [0.15, 0.2) is 15.8 Å². The fraction of sp³-hybridized carbons (Fsp3) is 0.333. The fourth-order valence-corrected chi connectivity index (χ4v) is 4.30. The summed E-state index contributed by atoms with van der Waals surface area (Å²) in [5.74, 6) is 1.68. The van der Waals surface area contributed by atoms with Crippen molar-refractivity contribution in [3.8, 4) is 11.5 Å². The topological polar surface area (TPSA) is 42.0 Å². The molecule has 0 unspecified atom stereocenters. The Hall–Kier alpha value is -2.51. The van der Waals surface area contributed by atoms with Gasteiger partial charge in [-0.3, -0.25) is 9.69 Å². The van der Waals surface area contributed by atoms with Gasteiger partial charge in [0, 0.05) is 19.8 Å². The largest absolute Gasteiger partial charge is 0.490 e. The number of thioether (sulfide) groups is 1. The minimum absolute atomic E-state index is 0.120. The molecule has 7 heteroatoms. The monoisotopic (exact) mass is 456 g/mol. The van der Waals surface area contributed by atoms with Crippen LogP contribution in [-0.4, -0.2) is 37.5 Å². The smallest absolute Gasteiger partial charge is 0.270 e. The van der Waals surface area contributed by atoms with Gasteiger partial charge < -0.3 is 14.4 Å². The first-order chi connectivity index (χ1) is 14.8. The number of amides is 1. The lowest BCUT2D eigenvalue weighted by molar-refractivity contribution is -0.113. The predicted octanol–water partition coefficient (Wildman–Crippen LogP) is 5.59. The molecule has 0 N–H and O–H groups in total. The van der Waals surface area contributed by atoms with Crippen LogP contribution in [0.1, 0.15) is 26.3 Å². The van der Waals surface area contributed by atoms with E-state index in [-0.39, 0.29) is 5.91 Å². The van der Waals surface area contributed by atoms with Gasteiger partial charge >= 0.3 is 0 Å². The van der Waals surface area contributed by atoms with E-state index in [4.69, 9.17) is 21.7 Å². The second-order valence-corrected chi connectivity index (χ2v) is 9.45. The van der Waals surface area contributed by atoms with E-state index in [2.05, 4.69) is 13.8 Å². The maximum atomic E-state index is 13.1. The summed E-state index contributed by atoms with van der Waals surface area (Å²) in [7, 11) is 3.96. The second kappa shape index (κ2) is 10.2. The van der Waals surface area contributed by atoms with Crippen LogP contribution in [-0.2, 0) is 4.79 Å². The summed E-state index contributed by atoms with van der Waals surface area (Å²) in [6.45, 7) is 7.29. The van der Waals surface area contributed by atoms with Crippen molar-refractivity contribution < 1.29 is 14.3 Å². The van der Waals surface area contributed by atoms with Crippen LogP contribution in [0, 0.1) is 5.92 Å². The molecule has 1 aliphatic rings. The average Bonchev–Trinajstić information content (AvgIpc) is 3.00. The van der Waals surface area contributed by atoms with E-state index < -0.39 is 0 Å². The summed E-state index contributed by atoms with van der Waals surface area (Å²) in [5.41, 5.74) is 2.70. The first-order valence-corrected chi connectivity index (χ1v) is 11.5. The third kappa shape index (κ3) is 5.60. The van der Waals surface area contributed by atoms with Crippen LogP contribution in [0.25, 0.3) is 6.08 Å². The maximum absolute atomic E-state index is 13.1. The highest BCUT2D eigenvalue weighted by atomic mass is 32.2. The van der Waals surface area contributed by atoms with Crippen molar-refractivity contribution in [2.75, 3.05) is 37.1 Å². The van der Waals surface area contributed by atoms with Crippen LogP contribution in [0.15, 0.2) is 47.4 Å². The molecule has 0 aliphatic carbocycles. The zero-order valence-corrected chi connectivity index (χ0v) is 20.2. The number of benzene rings is 2. The Morgan fingerprint density at radius 3 is 2.42 bits per heavy atom. The van der Waals surface area contributed by atoms with E-state index >= 15 is 0 Å². The van der Waals surface area contributed by atoms with E-state index in [1.165, 1.54) is 11.8 Å². The highest BCUT2D eigenvalue weighted by molar-refractivity contribution is 8.27. The lowest BCUT2D eigenvalue weighted by Crippen LogP contribution is -2.27. The van der Waals surface area contributed by atoms with Crippen molar-refractivity contribution in [3.63, 3.8) is 0 Å². The summed E-state index contributed by atoms with van der Waals surface area (Å²) in [6.07, 6.45) is 1.85. The maximum Gasteiger partial charge on any atom is 0.270 e. The van der Waals surface area contributed by atoms with Gasteiger partial charge in [0.1, 0.15) is 0 Å². The van der Waals surface area contributed by atoms with E-state index in [1.54, 1.807) is 4.90 Å². The van der Waals surface area contributed by atoms with Crippen LogP contribution >= 0.6 is 24.0 Å². The van der Waals surface area contributed by atoms with E-state index in [9.17, 15) is 4.79 Å². The molecule has 0 radical (unpaired) electrons. The Morgan fingerprint density at radius 2 is 1.81 bits per heavy atom. The molecule has 1 amide bonds. The number of thiocarbonyl (C=S) groups is 1. The Kier molecular flexibility index (Phi) is 7.62. The molecule has 3 rings (SSSR count). The van der Waals surface area contributed by atoms with Gasteiger partial charge in [-0.2, -0.15) is 0 Å². The summed E-state index contributed by atoms with van der Waals surface area (Å²) in [5, 5.41) is 0. The van der Waals surface area contributed by atoms with Crippen LogP contribution < -0.4 is 19.3 Å². The lowest BCUT2D eigenvalue weighted by atomic mass is 10.1. The number of nitrogens with zero attached hydrogens (tertiary/aromatic N) is 2. The lowest BCUT2D eigenvalue weighted by Gasteiger charge is -2.17. The van der Waals surface area contributed by atoms with Gasteiger partial charge in [0.05, 0.1) is 23.8 Å². The normalized spacial score (nSPS) is 15.2. The molecule has 1 aliphatic heterocycles. The highest BCUT2D eigenvalue weighted by Crippen LogP contribution is 2.37.